The van der Waals surface area contributed by atoms with Crippen LogP contribution in [0.3, 0.4) is 0 Å². The molecule has 0 bridgehead atoms. The lowest BCUT2D eigenvalue weighted by Gasteiger charge is -2.38. The summed E-state index contributed by atoms with van der Waals surface area (Å²) < 4.78 is 5.39. The first-order valence-electron chi connectivity index (χ1n) is 7.06. The molecule has 1 atom stereocenters. The van der Waals surface area contributed by atoms with Gasteiger partial charge in [0.05, 0.1) is 12.3 Å². The molecule has 3 heteroatoms. The van der Waals surface area contributed by atoms with Gasteiger partial charge in [0.1, 0.15) is 5.76 Å². The van der Waals surface area contributed by atoms with Crippen molar-refractivity contribution < 1.29 is 4.42 Å². The number of nitrogens with zero attached hydrogens (tertiary/aromatic N) is 1. The minimum absolute atomic E-state index is 0.304. The molecule has 1 N–H and O–H groups in total. The molecule has 3 nitrogen and oxygen atoms in total. The molecular formula is C15H26N2O. The van der Waals surface area contributed by atoms with E-state index in [0.717, 1.165) is 18.8 Å². The second kappa shape index (κ2) is 5.89. The SMILES string of the molecule is CC(NCCN1CCCC(C)(C)C1)c1ccco1. The zero-order chi connectivity index (χ0) is 13.0. The molecule has 1 aromatic heterocycles. The second-order valence-corrected chi connectivity index (χ2v) is 6.24. The number of hydrogen-bond donors (Lipinski definition) is 1. The van der Waals surface area contributed by atoms with Gasteiger partial charge in [0, 0.05) is 19.6 Å². The third-order valence-corrected chi connectivity index (χ3v) is 3.83. The van der Waals surface area contributed by atoms with Crippen LogP contribution >= 0.6 is 0 Å². The molecule has 1 aliphatic heterocycles. The number of nitrogens with one attached hydrogen (secondary N) is 1. The molecule has 1 unspecified atom stereocenters. The van der Waals surface area contributed by atoms with Gasteiger partial charge in [0.25, 0.3) is 0 Å². The molecule has 1 aromatic rings. The Morgan fingerprint density at radius 2 is 2.33 bits per heavy atom. The van der Waals surface area contributed by atoms with Crippen LogP contribution in [0, 0.1) is 5.41 Å². The van der Waals surface area contributed by atoms with E-state index < -0.39 is 0 Å². The van der Waals surface area contributed by atoms with Crippen molar-refractivity contribution in [2.45, 2.75) is 39.7 Å². The van der Waals surface area contributed by atoms with Gasteiger partial charge in [-0.25, -0.2) is 0 Å². The highest BCUT2D eigenvalue weighted by molar-refractivity contribution is 5.02. The van der Waals surface area contributed by atoms with Crippen molar-refractivity contribution in [1.29, 1.82) is 0 Å². The number of furan rings is 1. The van der Waals surface area contributed by atoms with E-state index in [4.69, 9.17) is 4.42 Å². The Morgan fingerprint density at radius 3 is 3.00 bits per heavy atom. The van der Waals surface area contributed by atoms with E-state index in [1.807, 2.05) is 12.1 Å². The van der Waals surface area contributed by atoms with Crippen molar-refractivity contribution in [1.82, 2.24) is 10.2 Å². The van der Waals surface area contributed by atoms with Crippen molar-refractivity contribution in [3.05, 3.63) is 24.2 Å². The molecule has 102 valence electrons. The summed E-state index contributed by atoms with van der Waals surface area (Å²) in [4.78, 5) is 2.57. The van der Waals surface area contributed by atoms with Crippen LogP contribution in [0.5, 0.6) is 0 Å². The minimum atomic E-state index is 0.304. The molecular weight excluding hydrogens is 224 g/mol. The van der Waals surface area contributed by atoms with Crippen molar-refractivity contribution in [2.75, 3.05) is 26.2 Å². The Labute approximate surface area is 111 Å². The van der Waals surface area contributed by atoms with Gasteiger partial charge in [-0.2, -0.15) is 0 Å². The second-order valence-electron chi connectivity index (χ2n) is 6.24. The van der Waals surface area contributed by atoms with Crippen molar-refractivity contribution >= 4 is 0 Å². The lowest BCUT2D eigenvalue weighted by Crippen LogP contribution is -2.43. The Balaban J connectivity index is 1.69. The summed E-state index contributed by atoms with van der Waals surface area (Å²) in [5.74, 6) is 1.02. The smallest absolute Gasteiger partial charge is 0.120 e. The quantitative estimate of drug-likeness (QED) is 0.870. The lowest BCUT2D eigenvalue weighted by atomic mass is 9.84. The Bertz CT molecular complexity index is 345. The average Bonchev–Trinajstić information content (AvgIpc) is 2.81. The van der Waals surface area contributed by atoms with Gasteiger partial charge in [-0.05, 0) is 43.9 Å². The zero-order valence-corrected chi connectivity index (χ0v) is 11.9. The Morgan fingerprint density at radius 1 is 1.50 bits per heavy atom. The predicted molar refractivity (Wildman–Crippen MR) is 74.6 cm³/mol. The summed E-state index contributed by atoms with van der Waals surface area (Å²) in [6.45, 7) is 11.5. The summed E-state index contributed by atoms with van der Waals surface area (Å²) in [5.41, 5.74) is 0.491. The van der Waals surface area contributed by atoms with Crippen LogP contribution in [0.4, 0.5) is 0 Å². The molecule has 0 aliphatic carbocycles. The molecule has 0 radical (unpaired) electrons. The summed E-state index contributed by atoms with van der Waals surface area (Å²) in [6.07, 6.45) is 4.43. The molecule has 0 amide bonds. The molecule has 1 fully saturated rings. The first-order chi connectivity index (χ1) is 8.57. The standard InChI is InChI=1S/C15H26N2O/c1-13(14-6-4-11-18-14)16-8-10-17-9-5-7-15(2,3)12-17/h4,6,11,13,16H,5,7-10,12H2,1-3H3. The molecule has 2 heterocycles. The lowest BCUT2D eigenvalue weighted by molar-refractivity contribution is 0.117. The first-order valence-corrected chi connectivity index (χ1v) is 7.06. The van der Waals surface area contributed by atoms with Crippen molar-refractivity contribution in [3.8, 4) is 0 Å². The van der Waals surface area contributed by atoms with Gasteiger partial charge in [-0.15, -0.1) is 0 Å². The fourth-order valence-corrected chi connectivity index (χ4v) is 2.81. The monoisotopic (exact) mass is 250 g/mol. The Kier molecular flexibility index (Phi) is 4.46. The maximum absolute atomic E-state index is 5.39. The van der Waals surface area contributed by atoms with Crippen LogP contribution in [0.1, 0.15) is 45.4 Å². The third kappa shape index (κ3) is 3.85. The van der Waals surface area contributed by atoms with Gasteiger partial charge < -0.3 is 14.6 Å². The normalized spacial score (nSPS) is 21.9. The minimum Gasteiger partial charge on any atom is -0.468 e. The first kappa shape index (κ1) is 13.6. The maximum atomic E-state index is 5.39. The van der Waals surface area contributed by atoms with Gasteiger partial charge in [0.15, 0.2) is 0 Å². The van der Waals surface area contributed by atoms with E-state index >= 15 is 0 Å². The van der Waals surface area contributed by atoms with E-state index in [1.165, 1.54) is 25.9 Å². The maximum Gasteiger partial charge on any atom is 0.120 e. The molecule has 1 saturated heterocycles. The molecule has 0 saturated carbocycles. The van der Waals surface area contributed by atoms with Gasteiger partial charge in [-0.1, -0.05) is 13.8 Å². The van der Waals surface area contributed by atoms with E-state index in [1.54, 1.807) is 6.26 Å². The van der Waals surface area contributed by atoms with Crippen LogP contribution in [-0.4, -0.2) is 31.1 Å². The molecule has 18 heavy (non-hydrogen) atoms. The summed E-state index contributed by atoms with van der Waals surface area (Å²) in [7, 11) is 0. The predicted octanol–water partition coefficient (Wildman–Crippen LogP) is 3.05. The number of likely N-dealkylation sites (tertiary alicyclic amines) is 1. The van der Waals surface area contributed by atoms with Gasteiger partial charge in [0.2, 0.25) is 0 Å². The average molecular weight is 250 g/mol. The number of rotatable bonds is 5. The summed E-state index contributed by atoms with van der Waals surface area (Å²) >= 11 is 0. The van der Waals surface area contributed by atoms with Crippen LogP contribution in [0.25, 0.3) is 0 Å². The van der Waals surface area contributed by atoms with Gasteiger partial charge >= 0.3 is 0 Å². The van der Waals surface area contributed by atoms with Crippen LogP contribution in [-0.2, 0) is 0 Å². The van der Waals surface area contributed by atoms with E-state index in [9.17, 15) is 0 Å². The highest BCUT2D eigenvalue weighted by Crippen LogP contribution is 2.27. The number of hydrogen-bond acceptors (Lipinski definition) is 3. The number of piperidine rings is 1. The third-order valence-electron chi connectivity index (χ3n) is 3.83. The van der Waals surface area contributed by atoms with E-state index in [0.29, 0.717) is 11.5 Å². The Hall–Kier alpha value is -0.800. The highest BCUT2D eigenvalue weighted by atomic mass is 16.3. The van der Waals surface area contributed by atoms with Crippen molar-refractivity contribution in [2.24, 2.45) is 5.41 Å². The van der Waals surface area contributed by atoms with Crippen LogP contribution in [0.15, 0.2) is 22.8 Å². The largest absolute Gasteiger partial charge is 0.468 e. The van der Waals surface area contributed by atoms with Crippen molar-refractivity contribution in [3.63, 3.8) is 0 Å². The topological polar surface area (TPSA) is 28.4 Å². The molecule has 1 aliphatic rings. The van der Waals surface area contributed by atoms with E-state index in [2.05, 4.69) is 31.0 Å². The van der Waals surface area contributed by atoms with E-state index in [-0.39, 0.29) is 0 Å². The highest BCUT2D eigenvalue weighted by Gasteiger charge is 2.25. The zero-order valence-electron chi connectivity index (χ0n) is 11.9. The summed E-state index contributed by atoms with van der Waals surface area (Å²) in [5, 5.41) is 3.52. The van der Waals surface area contributed by atoms with Crippen LogP contribution in [0.2, 0.25) is 0 Å². The molecule has 2 rings (SSSR count). The fourth-order valence-electron chi connectivity index (χ4n) is 2.81. The molecule has 0 aromatic carbocycles. The molecule has 0 spiro atoms. The fraction of sp³-hybridized carbons (Fsp3) is 0.733. The van der Waals surface area contributed by atoms with Gasteiger partial charge in [-0.3, -0.25) is 0 Å². The van der Waals surface area contributed by atoms with Crippen LogP contribution < -0.4 is 5.32 Å². The summed E-state index contributed by atoms with van der Waals surface area (Å²) in [6, 6.07) is 4.28.